The molecule has 1 aromatic carbocycles. The van der Waals surface area contributed by atoms with Crippen molar-refractivity contribution in [3.8, 4) is 0 Å². The molecule has 1 heterocycles. The highest BCUT2D eigenvalue weighted by Gasteiger charge is 2.09. The van der Waals surface area contributed by atoms with Crippen LogP contribution in [-0.4, -0.2) is 19.0 Å². The Bertz CT molecular complexity index is 454. The average Bonchev–Trinajstić information content (AvgIpc) is 2.73. The number of carbonyl (C=O) groups excluding carboxylic acids is 1. The number of thiophene rings is 1. The fraction of sp³-hybridized carbons (Fsp3) is 0.308. The molecule has 1 aromatic heterocycles. The quantitative estimate of drug-likeness (QED) is 0.584. The Morgan fingerprint density at radius 1 is 1.38 bits per heavy atom. The molecule has 0 fully saturated rings. The highest BCUT2D eigenvalue weighted by molar-refractivity contribution is 7.20. The van der Waals surface area contributed by atoms with E-state index in [-0.39, 0.29) is 12.4 Å². The zero-order chi connectivity index (χ0) is 11.4. The van der Waals surface area contributed by atoms with Crippen LogP contribution >= 0.6 is 11.3 Å². The zero-order valence-corrected chi connectivity index (χ0v) is 10.0. The molecule has 0 amide bonds. The zero-order valence-electron chi connectivity index (χ0n) is 9.23. The first kappa shape index (κ1) is 11.3. The molecule has 0 unspecified atom stereocenters. The molecule has 3 heteroatoms. The van der Waals surface area contributed by atoms with E-state index in [1.807, 2.05) is 37.3 Å². The van der Waals surface area contributed by atoms with Crippen molar-refractivity contribution in [2.45, 2.75) is 13.3 Å². The lowest BCUT2D eigenvalue weighted by Crippen LogP contribution is -2.07. The first-order chi connectivity index (χ1) is 7.81. The second-order valence-electron chi connectivity index (χ2n) is 3.62. The summed E-state index contributed by atoms with van der Waals surface area (Å²) in [6.45, 7) is 2.88. The van der Waals surface area contributed by atoms with Gasteiger partial charge < -0.3 is 4.74 Å². The highest BCUT2D eigenvalue weighted by Crippen LogP contribution is 2.25. The highest BCUT2D eigenvalue weighted by atomic mass is 32.1. The largest absolute Gasteiger partial charge is 0.373 e. The predicted molar refractivity (Wildman–Crippen MR) is 67.3 cm³/mol. The first-order valence-corrected chi connectivity index (χ1v) is 6.22. The second-order valence-corrected chi connectivity index (χ2v) is 4.71. The molecular weight excluding hydrogens is 220 g/mol. The van der Waals surface area contributed by atoms with Gasteiger partial charge in [-0.1, -0.05) is 25.1 Å². The van der Waals surface area contributed by atoms with Crippen LogP contribution in [0.4, 0.5) is 0 Å². The maximum absolute atomic E-state index is 11.8. The van der Waals surface area contributed by atoms with Crippen LogP contribution in [0.3, 0.4) is 0 Å². The van der Waals surface area contributed by atoms with Crippen LogP contribution in [0.2, 0.25) is 0 Å². The summed E-state index contributed by atoms with van der Waals surface area (Å²) < 4.78 is 6.41. The van der Waals surface area contributed by atoms with Gasteiger partial charge in [0.25, 0.3) is 0 Å². The van der Waals surface area contributed by atoms with E-state index in [4.69, 9.17) is 4.74 Å². The fourth-order valence-corrected chi connectivity index (χ4v) is 2.49. The lowest BCUT2D eigenvalue weighted by Gasteiger charge is -1.98. The summed E-state index contributed by atoms with van der Waals surface area (Å²) >= 11 is 1.53. The Balaban J connectivity index is 2.11. The first-order valence-electron chi connectivity index (χ1n) is 5.41. The van der Waals surface area contributed by atoms with Gasteiger partial charge in [-0.05, 0) is 23.9 Å². The van der Waals surface area contributed by atoms with Crippen LogP contribution in [0.25, 0.3) is 10.1 Å². The summed E-state index contributed by atoms with van der Waals surface area (Å²) in [6.07, 6.45) is 0.944. The number of hydrogen-bond donors (Lipinski definition) is 0. The van der Waals surface area contributed by atoms with Crippen LogP contribution in [0.5, 0.6) is 0 Å². The lowest BCUT2D eigenvalue weighted by atomic mass is 10.2. The molecule has 0 spiro atoms. The molecule has 0 aliphatic carbocycles. The van der Waals surface area contributed by atoms with Crippen LogP contribution < -0.4 is 0 Å². The van der Waals surface area contributed by atoms with Crippen molar-refractivity contribution in [3.05, 3.63) is 35.2 Å². The minimum absolute atomic E-state index is 0.0784. The summed E-state index contributed by atoms with van der Waals surface area (Å²) in [5.74, 6) is 0.0784. The average molecular weight is 234 g/mol. The minimum Gasteiger partial charge on any atom is -0.373 e. The van der Waals surface area contributed by atoms with E-state index in [1.54, 1.807) is 0 Å². The van der Waals surface area contributed by atoms with E-state index in [2.05, 4.69) is 0 Å². The minimum atomic E-state index is 0.0784. The lowest BCUT2D eigenvalue weighted by molar-refractivity contribution is 0.0765. The molecule has 2 nitrogen and oxygen atoms in total. The van der Waals surface area contributed by atoms with Crippen molar-refractivity contribution in [2.75, 3.05) is 13.2 Å². The van der Waals surface area contributed by atoms with Crippen LogP contribution in [-0.2, 0) is 4.74 Å². The van der Waals surface area contributed by atoms with Crippen molar-refractivity contribution in [1.82, 2.24) is 0 Å². The van der Waals surface area contributed by atoms with Gasteiger partial charge in [-0.25, -0.2) is 0 Å². The Morgan fingerprint density at radius 2 is 2.19 bits per heavy atom. The van der Waals surface area contributed by atoms with E-state index in [0.717, 1.165) is 21.4 Å². The van der Waals surface area contributed by atoms with E-state index in [0.29, 0.717) is 6.61 Å². The topological polar surface area (TPSA) is 26.3 Å². The van der Waals surface area contributed by atoms with E-state index in [9.17, 15) is 4.79 Å². The molecule has 0 saturated heterocycles. The van der Waals surface area contributed by atoms with E-state index in [1.165, 1.54) is 11.3 Å². The summed E-state index contributed by atoms with van der Waals surface area (Å²) in [6, 6.07) is 9.97. The van der Waals surface area contributed by atoms with Crippen LogP contribution in [0.15, 0.2) is 30.3 Å². The number of ether oxygens (including phenoxy) is 1. The normalized spacial score (nSPS) is 10.8. The number of rotatable bonds is 5. The van der Waals surface area contributed by atoms with E-state index >= 15 is 0 Å². The van der Waals surface area contributed by atoms with Crippen molar-refractivity contribution < 1.29 is 9.53 Å². The van der Waals surface area contributed by atoms with Crippen molar-refractivity contribution in [3.63, 3.8) is 0 Å². The van der Waals surface area contributed by atoms with Gasteiger partial charge >= 0.3 is 0 Å². The number of ketones is 1. The predicted octanol–water partition coefficient (Wildman–Crippen LogP) is 3.51. The summed E-state index contributed by atoms with van der Waals surface area (Å²) in [5.41, 5.74) is 0. The molecule has 0 saturated carbocycles. The molecule has 0 radical (unpaired) electrons. The molecule has 0 bridgehead atoms. The van der Waals surface area contributed by atoms with Crippen molar-refractivity contribution in [1.29, 1.82) is 0 Å². The van der Waals surface area contributed by atoms with Crippen molar-refractivity contribution >= 4 is 27.2 Å². The summed E-state index contributed by atoms with van der Waals surface area (Å²) in [5, 5.41) is 1.13. The molecular formula is C13H14O2S. The summed E-state index contributed by atoms with van der Waals surface area (Å²) in [7, 11) is 0. The fourth-order valence-electron chi connectivity index (χ4n) is 1.50. The monoisotopic (exact) mass is 234 g/mol. The van der Waals surface area contributed by atoms with Gasteiger partial charge in [-0.3, -0.25) is 4.79 Å². The maximum atomic E-state index is 11.8. The molecule has 0 atom stereocenters. The third-order valence-electron chi connectivity index (χ3n) is 2.28. The number of fused-ring (bicyclic) bond motifs is 1. The number of Topliss-reactive ketones (excluding diaryl/α,β-unsaturated/α-hetero) is 1. The van der Waals surface area contributed by atoms with Gasteiger partial charge in [0.2, 0.25) is 0 Å². The van der Waals surface area contributed by atoms with Crippen molar-refractivity contribution in [2.24, 2.45) is 0 Å². The molecule has 2 aromatic rings. The van der Waals surface area contributed by atoms with Gasteiger partial charge in [0.05, 0.1) is 4.88 Å². The summed E-state index contributed by atoms with van der Waals surface area (Å²) in [4.78, 5) is 12.6. The standard InChI is InChI=1S/C13H14O2S/c1-2-7-15-9-11(14)13-8-10-5-3-4-6-12(10)16-13/h3-6,8H,2,7,9H2,1H3. The SMILES string of the molecule is CCCOCC(=O)c1cc2ccccc2s1. The number of benzene rings is 1. The van der Waals surface area contributed by atoms with Gasteiger partial charge in [-0.2, -0.15) is 0 Å². The maximum Gasteiger partial charge on any atom is 0.198 e. The van der Waals surface area contributed by atoms with E-state index < -0.39 is 0 Å². The molecule has 0 N–H and O–H groups in total. The Kier molecular flexibility index (Phi) is 3.70. The Hall–Kier alpha value is -1.19. The Morgan fingerprint density at radius 3 is 2.94 bits per heavy atom. The number of hydrogen-bond acceptors (Lipinski definition) is 3. The molecule has 16 heavy (non-hydrogen) atoms. The van der Waals surface area contributed by atoms with Gasteiger partial charge in [-0.15, -0.1) is 11.3 Å². The second kappa shape index (κ2) is 5.23. The van der Waals surface area contributed by atoms with Gasteiger partial charge in [0, 0.05) is 11.3 Å². The smallest absolute Gasteiger partial charge is 0.198 e. The third kappa shape index (κ3) is 2.49. The molecule has 0 aliphatic heterocycles. The van der Waals surface area contributed by atoms with Gasteiger partial charge in [0.15, 0.2) is 5.78 Å². The third-order valence-corrected chi connectivity index (χ3v) is 3.44. The van der Waals surface area contributed by atoms with Crippen LogP contribution in [0.1, 0.15) is 23.0 Å². The number of carbonyl (C=O) groups is 1. The van der Waals surface area contributed by atoms with Gasteiger partial charge in [0.1, 0.15) is 6.61 Å². The molecule has 0 aliphatic rings. The Labute approximate surface area is 98.9 Å². The molecule has 2 rings (SSSR count). The molecule has 84 valence electrons. The van der Waals surface area contributed by atoms with Crippen LogP contribution in [0, 0.1) is 0 Å².